The van der Waals surface area contributed by atoms with Crippen LogP contribution in [0.15, 0.2) is 36.9 Å². The van der Waals surface area contributed by atoms with Gasteiger partial charge in [-0.3, -0.25) is 0 Å². The summed E-state index contributed by atoms with van der Waals surface area (Å²) in [6, 6.07) is 8.27. The molecule has 1 aromatic rings. The molecule has 0 saturated heterocycles. The van der Waals surface area contributed by atoms with E-state index in [1.54, 1.807) is 0 Å². The second kappa shape index (κ2) is 10.4. The Morgan fingerprint density at radius 3 is 2.23 bits per heavy atom. The lowest BCUT2D eigenvalue weighted by atomic mass is 9.76. The fourth-order valence-electron chi connectivity index (χ4n) is 2.83. The summed E-state index contributed by atoms with van der Waals surface area (Å²) in [6.45, 7) is 17.0. The third-order valence-electron chi connectivity index (χ3n) is 4.09. The number of hydrogen-bond acceptors (Lipinski definition) is 4. The molecular weight excluding hydrogens is 328 g/mol. The van der Waals surface area contributed by atoms with E-state index in [1.807, 2.05) is 19.1 Å². The van der Waals surface area contributed by atoms with Gasteiger partial charge < -0.3 is 14.2 Å². The molecule has 26 heavy (non-hydrogen) atoms. The summed E-state index contributed by atoms with van der Waals surface area (Å²) in [6.07, 6.45) is 1.86. The van der Waals surface area contributed by atoms with Crippen LogP contribution in [0.3, 0.4) is 0 Å². The van der Waals surface area contributed by atoms with Gasteiger partial charge in [-0.05, 0) is 48.3 Å². The SMILES string of the molecule is C=CC(=O)OCCOC(C)Oc1ccc(C(CC(C)(C)C)C(C)C)cc1. The van der Waals surface area contributed by atoms with E-state index in [-0.39, 0.29) is 13.2 Å². The third kappa shape index (κ3) is 8.52. The molecule has 0 saturated carbocycles. The van der Waals surface area contributed by atoms with Gasteiger partial charge in [0.1, 0.15) is 12.4 Å². The van der Waals surface area contributed by atoms with Crippen molar-refractivity contribution in [2.75, 3.05) is 13.2 Å². The van der Waals surface area contributed by atoms with Crippen molar-refractivity contribution >= 4 is 5.97 Å². The van der Waals surface area contributed by atoms with Crippen molar-refractivity contribution < 1.29 is 19.0 Å². The topological polar surface area (TPSA) is 44.8 Å². The predicted molar refractivity (Wildman–Crippen MR) is 105 cm³/mol. The smallest absolute Gasteiger partial charge is 0.330 e. The fourth-order valence-corrected chi connectivity index (χ4v) is 2.83. The average Bonchev–Trinajstić information content (AvgIpc) is 2.56. The number of carbonyl (C=O) groups excluding carboxylic acids is 1. The maximum absolute atomic E-state index is 10.9. The van der Waals surface area contributed by atoms with Crippen LogP contribution in [0.1, 0.15) is 59.4 Å². The Morgan fingerprint density at radius 2 is 1.73 bits per heavy atom. The molecule has 0 aliphatic rings. The zero-order chi connectivity index (χ0) is 19.7. The summed E-state index contributed by atoms with van der Waals surface area (Å²) in [4.78, 5) is 10.9. The van der Waals surface area contributed by atoms with Gasteiger partial charge in [0.15, 0.2) is 6.29 Å². The lowest BCUT2D eigenvalue weighted by Crippen LogP contribution is -2.20. The first-order valence-corrected chi connectivity index (χ1v) is 9.30. The number of benzene rings is 1. The van der Waals surface area contributed by atoms with Gasteiger partial charge in [-0.15, -0.1) is 0 Å². The summed E-state index contributed by atoms with van der Waals surface area (Å²) in [5, 5.41) is 0. The Balaban J connectivity index is 2.55. The van der Waals surface area contributed by atoms with Gasteiger partial charge >= 0.3 is 5.97 Å². The normalized spacial score (nSPS) is 14.0. The van der Waals surface area contributed by atoms with E-state index in [9.17, 15) is 4.79 Å². The van der Waals surface area contributed by atoms with E-state index in [1.165, 1.54) is 5.56 Å². The highest BCUT2D eigenvalue weighted by atomic mass is 16.7. The second-order valence-corrected chi connectivity index (χ2v) is 8.11. The molecule has 1 aromatic carbocycles. The van der Waals surface area contributed by atoms with E-state index in [0.717, 1.165) is 18.2 Å². The van der Waals surface area contributed by atoms with Crippen LogP contribution in [0.4, 0.5) is 0 Å². The first-order valence-electron chi connectivity index (χ1n) is 9.30. The van der Waals surface area contributed by atoms with Crippen LogP contribution < -0.4 is 4.74 Å². The van der Waals surface area contributed by atoms with Gasteiger partial charge in [0, 0.05) is 6.08 Å². The number of rotatable bonds is 10. The Bertz CT molecular complexity index is 555. The largest absolute Gasteiger partial charge is 0.465 e. The van der Waals surface area contributed by atoms with E-state index >= 15 is 0 Å². The zero-order valence-corrected chi connectivity index (χ0v) is 17.1. The third-order valence-corrected chi connectivity index (χ3v) is 4.09. The Kier molecular flexibility index (Phi) is 8.86. The minimum atomic E-state index is -0.451. The molecule has 146 valence electrons. The van der Waals surface area contributed by atoms with Crippen LogP contribution in [0, 0.1) is 11.3 Å². The molecule has 0 radical (unpaired) electrons. The zero-order valence-electron chi connectivity index (χ0n) is 17.1. The van der Waals surface area contributed by atoms with Crippen molar-refractivity contribution in [1.29, 1.82) is 0 Å². The van der Waals surface area contributed by atoms with Crippen molar-refractivity contribution in [3.8, 4) is 5.75 Å². The van der Waals surface area contributed by atoms with Crippen LogP contribution in [0.2, 0.25) is 0 Å². The Hall–Kier alpha value is -1.81. The maximum Gasteiger partial charge on any atom is 0.330 e. The molecule has 0 heterocycles. The van der Waals surface area contributed by atoms with Crippen molar-refractivity contribution in [3.63, 3.8) is 0 Å². The highest BCUT2D eigenvalue weighted by molar-refractivity contribution is 5.81. The molecule has 0 fully saturated rings. The van der Waals surface area contributed by atoms with Gasteiger partial charge in [-0.2, -0.15) is 0 Å². The van der Waals surface area contributed by atoms with Crippen LogP contribution in [0.25, 0.3) is 0 Å². The molecule has 2 atom stereocenters. The van der Waals surface area contributed by atoms with E-state index in [2.05, 4.69) is 53.3 Å². The second-order valence-electron chi connectivity index (χ2n) is 8.11. The molecule has 0 bridgehead atoms. The van der Waals surface area contributed by atoms with Gasteiger partial charge in [-0.25, -0.2) is 4.79 Å². The van der Waals surface area contributed by atoms with Crippen molar-refractivity contribution in [3.05, 3.63) is 42.5 Å². The van der Waals surface area contributed by atoms with E-state index in [4.69, 9.17) is 14.2 Å². The first-order chi connectivity index (χ1) is 12.1. The highest BCUT2D eigenvalue weighted by Gasteiger charge is 2.23. The predicted octanol–water partition coefficient (Wildman–Crippen LogP) is 5.33. The Morgan fingerprint density at radius 1 is 1.12 bits per heavy atom. The highest BCUT2D eigenvalue weighted by Crippen LogP contribution is 2.36. The molecular formula is C22H34O4. The summed E-state index contributed by atoms with van der Waals surface area (Å²) in [5.74, 6) is 1.43. The van der Waals surface area contributed by atoms with Crippen LogP contribution >= 0.6 is 0 Å². The molecule has 4 heteroatoms. The molecule has 0 aromatic heterocycles. The number of hydrogen-bond donors (Lipinski definition) is 0. The number of ether oxygens (including phenoxy) is 3. The lowest BCUT2D eigenvalue weighted by Gasteiger charge is -2.29. The van der Waals surface area contributed by atoms with Gasteiger partial charge in [0.2, 0.25) is 0 Å². The van der Waals surface area contributed by atoms with Crippen LogP contribution in [-0.4, -0.2) is 25.5 Å². The molecule has 0 aliphatic carbocycles. The lowest BCUT2D eigenvalue weighted by molar-refractivity contribution is -0.142. The van der Waals surface area contributed by atoms with Crippen LogP contribution in [-0.2, 0) is 14.3 Å². The fraction of sp³-hybridized carbons (Fsp3) is 0.591. The van der Waals surface area contributed by atoms with E-state index in [0.29, 0.717) is 17.3 Å². The molecule has 2 unspecified atom stereocenters. The Labute approximate surface area is 158 Å². The average molecular weight is 363 g/mol. The minimum absolute atomic E-state index is 0.181. The molecule has 0 spiro atoms. The van der Waals surface area contributed by atoms with Crippen molar-refractivity contribution in [2.45, 2.75) is 60.2 Å². The molecule has 1 rings (SSSR count). The summed E-state index contributed by atoms with van der Waals surface area (Å²) in [7, 11) is 0. The van der Waals surface area contributed by atoms with E-state index < -0.39 is 12.3 Å². The van der Waals surface area contributed by atoms with Crippen LogP contribution in [0.5, 0.6) is 5.75 Å². The number of esters is 1. The molecule has 4 nitrogen and oxygen atoms in total. The van der Waals surface area contributed by atoms with Crippen molar-refractivity contribution in [2.24, 2.45) is 11.3 Å². The number of carbonyl (C=O) groups is 1. The summed E-state index contributed by atoms with van der Waals surface area (Å²) >= 11 is 0. The quantitative estimate of drug-likeness (QED) is 0.244. The monoisotopic (exact) mass is 362 g/mol. The van der Waals surface area contributed by atoms with Gasteiger partial charge in [-0.1, -0.05) is 53.3 Å². The molecule has 0 aliphatic heterocycles. The summed E-state index contributed by atoms with van der Waals surface area (Å²) in [5.41, 5.74) is 1.63. The van der Waals surface area contributed by atoms with Gasteiger partial charge in [0.05, 0.1) is 6.61 Å². The first kappa shape index (κ1) is 22.2. The maximum atomic E-state index is 10.9. The molecule has 0 amide bonds. The van der Waals surface area contributed by atoms with Gasteiger partial charge in [0.25, 0.3) is 0 Å². The summed E-state index contributed by atoms with van der Waals surface area (Å²) < 4.78 is 16.1. The molecule has 0 N–H and O–H groups in total. The minimum Gasteiger partial charge on any atom is -0.465 e. The van der Waals surface area contributed by atoms with Crippen molar-refractivity contribution in [1.82, 2.24) is 0 Å². The standard InChI is InChI=1S/C22H34O4/c1-8-21(23)25-14-13-24-17(4)26-19-11-9-18(10-12-19)20(16(2)3)15-22(5,6)7/h8-12,16-17,20H,1,13-15H2,2-7H3.